The largest absolute Gasteiger partial charge is 0.367 e. The van der Waals surface area contributed by atoms with Crippen LogP contribution in [-0.4, -0.2) is 46.4 Å². The van der Waals surface area contributed by atoms with E-state index in [1.165, 1.54) is 6.92 Å². The Morgan fingerprint density at radius 2 is 2.42 bits per heavy atom. The van der Waals surface area contributed by atoms with E-state index in [9.17, 15) is 9.59 Å². The van der Waals surface area contributed by atoms with Crippen LogP contribution < -0.4 is 5.32 Å². The minimum absolute atomic E-state index is 0.0923. The van der Waals surface area contributed by atoms with Crippen LogP contribution in [0, 0.1) is 0 Å². The van der Waals surface area contributed by atoms with E-state index in [2.05, 4.69) is 15.3 Å². The zero-order valence-electron chi connectivity index (χ0n) is 13.4. The first-order valence-corrected chi connectivity index (χ1v) is 8.75. The van der Waals surface area contributed by atoms with Gasteiger partial charge in [0.2, 0.25) is 11.8 Å². The molecule has 8 heteroatoms. The quantitative estimate of drug-likeness (QED) is 0.851. The number of amides is 2. The van der Waals surface area contributed by atoms with Crippen molar-refractivity contribution in [2.75, 3.05) is 19.7 Å². The molecule has 1 atom stereocenters. The van der Waals surface area contributed by atoms with Gasteiger partial charge in [-0.3, -0.25) is 9.59 Å². The van der Waals surface area contributed by atoms with Crippen molar-refractivity contribution in [3.8, 4) is 0 Å². The van der Waals surface area contributed by atoms with Crippen molar-refractivity contribution in [2.45, 2.75) is 26.0 Å². The summed E-state index contributed by atoms with van der Waals surface area (Å²) in [6.07, 6.45) is 1.83. The summed E-state index contributed by atoms with van der Waals surface area (Å²) in [7, 11) is 0. The van der Waals surface area contributed by atoms with Gasteiger partial charge in [-0.05, 0) is 22.4 Å². The van der Waals surface area contributed by atoms with Crippen LogP contribution in [-0.2, 0) is 27.3 Å². The maximum Gasteiger partial charge on any atom is 0.227 e. The fraction of sp³-hybridized carbons (Fsp3) is 0.438. The summed E-state index contributed by atoms with van der Waals surface area (Å²) in [4.78, 5) is 32.7. The number of hydrogen-bond acceptors (Lipinski definition) is 5. The van der Waals surface area contributed by atoms with E-state index in [4.69, 9.17) is 4.74 Å². The number of morpholine rings is 1. The monoisotopic (exact) mass is 348 g/mol. The number of nitrogens with zero attached hydrogens (tertiary/aromatic N) is 2. The van der Waals surface area contributed by atoms with Gasteiger partial charge in [0.25, 0.3) is 0 Å². The van der Waals surface area contributed by atoms with Crippen LogP contribution in [0.2, 0.25) is 0 Å². The van der Waals surface area contributed by atoms with Crippen LogP contribution in [0.4, 0.5) is 0 Å². The van der Waals surface area contributed by atoms with Gasteiger partial charge < -0.3 is 19.9 Å². The molecule has 1 aliphatic rings. The maximum atomic E-state index is 12.4. The lowest BCUT2D eigenvalue weighted by molar-refractivity contribution is -0.138. The van der Waals surface area contributed by atoms with Gasteiger partial charge in [0.1, 0.15) is 11.9 Å². The number of aromatic amines is 1. The number of H-pyrrole nitrogens is 1. The highest BCUT2D eigenvalue weighted by atomic mass is 32.1. The number of thiophene rings is 1. The van der Waals surface area contributed by atoms with Crippen molar-refractivity contribution in [1.29, 1.82) is 0 Å². The molecule has 2 N–H and O–H groups in total. The topological polar surface area (TPSA) is 87.3 Å². The molecule has 7 nitrogen and oxygen atoms in total. The van der Waals surface area contributed by atoms with Gasteiger partial charge in [-0.15, -0.1) is 0 Å². The number of nitrogens with one attached hydrogen (secondary N) is 2. The number of imidazole rings is 1. The summed E-state index contributed by atoms with van der Waals surface area (Å²) in [6, 6.07) is 1.97. The lowest BCUT2D eigenvalue weighted by Crippen LogP contribution is -2.43. The lowest BCUT2D eigenvalue weighted by Gasteiger charge is -2.32. The molecule has 1 fully saturated rings. The number of carbonyl (C=O) groups is 2. The maximum absolute atomic E-state index is 12.4. The standard InChI is InChI=1S/C16H20N4O3S/c1-11(21)17-7-13-8-18-16(19-13)14-9-20(3-4-23-14)15(22)6-12-2-5-24-10-12/h2,5,8,10,14H,3-4,6-7,9H2,1H3,(H,17,21)(H,18,19)/t14-/m1/s1. The summed E-state index contributed by atoms with van der Waals surface area (Å²) in [6.45, 7) is 3.44. The smallest absolute Gasteiger partial charge is 0.227 e. The van der Waals surface area contributed by atoms with E-state index in [0.717, 1.165) is 11.3 Å². The van der Waals surface area contributed by atoms with Gasteiger partial charge in [-0.1, -0.05) is 0 Å². The third-order valence-electron chi connectivity index (χ3n) is 3.84. The van der Waals surface area contributed by atoms with Gasteiger partial charge in [-0.25, -0.2) is 4.98 Å². The molecule has 1 aliphatic heterocycles. The average molecular weight is 348 g/mol. The minimum Gasteiger partial charge on any atom is -0.367 e. The van der Waals surface area contributed by atoms with Crippen molar-refractivity contribution in [3.63, 3.8) is 0 Å². The summed E-state index contributed by atoms with van der Waals surface area (Å²) in [5.74, 6) is 0.695. The zero-order chi connectivity index (χ0) is 16.9. The molecule has 3 heterocycles. The van der Waals surface area contributed by atoms with Crippen LogP contribution in [0.15, 0.2) is 23.0 Å². The molecule has 3 rings (SSSR count). The van der Waals surface area contributed by atoms with Gasteiger partial charge in [-0.2, -0.15) is 11.3 Å². The Balaban J connectivity index is 1.58. The highest BCUT2D eigenvalue weighted by Crippen LogP contribution is 2.20. The van der Waals surface area contributed by atoms with Crippen LogP contribution in [0.5, 0.6) is 0 Å². The van der Waals surface area contributed by atoms with E-state index in [1.54, 1.807) is 17.5 Å². The normalized spacial score (nSPS) is 17.7. The Labute approximate surface area is 144 Å². The molecular weight excluding hydrogens is 328 g/mol. The molecule has 0 spiro atoms. The molecule has 128 valence electrons. The second-order valence-electron chi connectivity index (χ2n) is 5.71. The van der Waals surface area contributed by atoms with Gasteiger partial charge in [0.05, 0.1) is 38.0 Å². The molecule has 2 aromatic heterocycles. The summed E-state index contributed by atoms with van der Waals surface area (Å²) in [5, 5.41) is 6.69. The molecule has 24 heavy (non-hydrogen) atoms. The second kappa shape index (κ2) is 7.59. The number of hydrogen-bond donors (Lipinski definition) is 2. The number of carbonyl (C=O) groups excluding carboxylic acids is 2. The highest BCUT2D eigenvalue weighted by Gasteiger charge is 2.27. The molecular formula is C16H20N4O3S. The average Bonchev–Trinajstić information content (AvgIpc) is 3.24. The molecule has 2 amide bonds. The molecule has 0 radical (unpaired) electrons. The second-order valence-corrected chi connectivity index (χ2v) is 6.49. The molecule has 0 aromatic carbocycles. The third kappa shape index (κ3) is 4.21. The summed E-state index contributed by atoms with van der Waals surface area (Å²) >= 11 is 1.59. The van der Waals surface area contributed by atoms with Crippen molar-refractivity contribution in [3.05, 3.63) is 40.1 Å². The van der Waals surface area contributed by atoms with Crippen molar-refractivity contribution in [1.82, 2.24) is 20.2 Å². The lowest BCUT2D eigenvalue weighted by atomic mass is 10.2. The van der Waals surface area contributed by atoms with Crippen LogP contribution >= 0.6 is 11.3 Å². The Hall–Kier alpha value is -2.19. The SMILES string of the molecule is CC(=O)NCc1cnc([C@H]2CN(C(=O)Cc3ccsc3)CCO2)[nH]1. The first kappa shape index (κ1) is 16.7. The van der Waals surface area contributed by atoms with Crippen molar-refractivity contribution < 1.29 is 14.3 Å². The molecule has 0 aliphatic carbocycles. The fourth-order valence-corrected chi connectivity index (χ4v) is 3.24. The summed E-state index contributed by atoms with van der Waals surface area (Å²) in [5.41, 5.74) is 1.86. The Kier molecular flexibility index (Phi) is 5.27. The van der Waals surface area contributed by atoms with Gasteiger partial charge >= 0.3 is 0 Å². The molecule has 0 unspecified atom stereocenters. The predicted molar refractivity (Wildman–Crippen MR) is 89.4 cm³/mol. The van der Waals surface area contributed by atoms with Crippen molar-refractivity contribution in [2.24, 2.45) is 0 Å². The molecule has 1 saturated heterocycles. The van der Waals surface area contributed by atoms with Gasteiger partial charge in [0, 0.05) is 13.5 Å². The first-order valence-electron chi connectivity index (χ1n) is 7.80. The number of rotatable bonds is 5. The Morgan fingerprint density at radius 1 is 1.54 bits per heavy atom. The molecule has 0 saturated carbocycles. The predicted octanol–water partition coefficient (Wildman–Crippen LogP) is 1.25. The van der Waals surface area contributed by atoms with E-state index in [-0.39, 0.29) is 17.9 Å². The van der Waals surface area contributed by atoms with E-state index in [0.29, 0.717) is 38.5 Å². The molecule has 2 aromatic rings. The van der Waals surface area contributed by atoms with Gasteiger partial charge in [0.15, 0.2) is 0 Å². The van der Waals surface area contributed by atoms with E-state index in [1.807, 2.05) is 21.7 Å². The summed E-state index contributed by atoms with van der Waals surface area (Å²) < 4.78 is 5.75. The zero-order valence-corrected chi connectivity index (χ0v) is 14.3. The highest BCUT2D eigenvalue weighted by molar-refractivity contribution is 7.08. The minimum atomic E-state index is -0.267. The van der Waals surface area contributed by atoms with E-state index < -0.39 is 0 Å². The van der Waals surface area contributed by atoms with E-state index >= 15 is 0 Å². The fourth-order valence-electron chi connectivity index (χ4n) is 2.57. The van der Waals surface area contributed by atoms with Crippen molar-refractivity contribution >= 4 is 23.2 Å². The van der Waals surface area contributed by atoms with Crippen LogP contribution in [0.3, 0.4) is 0 Å². The Bertz CT molecular complexity index is 698. The number of ether oxygens (including phenoxy) is 1. The van der Waals surface area contributed by atoms with Crippen LogP contribution in [0.25, 0.3) is 0 Å². The first-order chi connectivity index (χ1) is 11.6. The van der Waals surface area contributed by atoms with Crippen LogP contribution in [0.1, 0.15) is 30.1 Å². The number of aromatic nitrogens is 2. The Morgan fingerprint density at radius 3 is 3.17 bits per heavy atom. The molecule has 0 bridgehead atoms. The third-order valence-corrected chi connectivity index (χ3v) is 4.57.